The molecule has 33 heavy (non-hydrogen) atoms. The van der Waals surface area contributed by atoms with Crippen LogP contribution in [-0.2, 0) is 0 Å². The fourth-order valence-corrected chi connectivity index (χ4v) is 4.74. The fraction of sp³-hybridized carbons (Fsp3) is 0. The molecule has 0 aromatic heterocycles. The van der Waals surface area contributed by atoms with Crippen molar-refractivity contribution in [3.05, 3.63) is 125 Å². The first-order valence-corrected chi connectivity index (χ1v) is 10.7. The Morgan fingerprint density at radius 2 is 1.18 bits per heavy atom. The lowest BCUT2D eigenvalue weighted by Crippen LogP contribution is -2.41. The third-order valence-electron chi connectivity index (χ3n) is 6.18. The molecule has 1 aliphatic heterocycles. The van der Waals surface area contributed by atoms with Crippen LogP contribution in [0.25, 0.3) is 21.5 Å². The van der Waals surface area contributed by atoms with Crippen molar-refractivity contribution in [1.82, 2.24) is 0 Å². The average molecular weight is 427 g/mol. The third kappa shape index (κ3) is 2.74. The lowest BCUT2D eigenvalue weighted by molar-refractivity contribution is 0.0887. The first-order valence-electron chi connectivity index (χ1n) is 10.7. The van der Waals surface area contributed by atoms with E-state index in [9.17, 15) is 14.4 Å². The van der Waals surface area contributed by atoms with Crippen molar-refractivity contribution in [2.24, 2.45) is 0 Å². The van der Waals surface area contributed by atoms with Crippen LogP contribution in [0.2, 0.25) is 0 Å². The molecule has 0 unspecified atom stereocenters. The Kier molecular flexibility index (Phi) is 4.20. The Labute approximate surface area is 189 Å². The van der Waals surface area contributed by atoms with Gasteiger partial charge in [-0.3, -0.25) is 14.4 Å². The molecule has 4 heteroatoms. The van der Waals surface area contributed by atoms with Crippen LogP contribution in [0.1, 0.15) is 36.6 Å². The molecule has 5 aromatic carbocycles. The second-order valence-electron chi connectivity index (χ2n) is 8.00. The maximum absolute atomic E-state index is 14.0. The molecule has 5 aromatic rings. The number of amides is 2. The van der Waals surface area contributed by atoms with Gasteiger partial charge in [0, 0.05) is 22.1 Å². The van der Waals surface area contributed by atoms with Gasteiger partial charge in [0.2, 0.25) is 0 Å². The highest BCUT2D eigenvalue weighted by atomic mass is 16.2. The molecule has 0 radical (unpaired) electrons. The number of rotatable bonds is 3. The number of hydrogen-bond acceptors (Lipinski definition) is 3. The molecular weight excluding hydrogens is 410 g/mol. The molecule has 1 heterocycles. The van der Waals surface area contributed by atoms with Crippen LogP contribution in [-0.4, -0.2) is 17.6 Å². The molecule has 0 saturated heterocycles. The molecule has 156 valence electrons. The first-order chi connectivity index (χ1) is 16.2. The van der Waals surface area contributed by atoms with Crippen molar-refractivity contribution in [3.8, 4) is 0 Å². The Morgan fingerprint density at radius 3 is 1.91 bits per heavy atom. The van der Waals surface area contributed by atoms with Crippen molar-refractivity contribution < 1.29 is 14.4 Å². The van der Waals surface area contributed by atoms with E-state index in [4.69, 9.17) is 0 Å². The van der Waals surface area contributed by atoms with Crippen LogP contribution in [0.4, 0.5) is 5.69 Å². The maximum Gasteiger partial charge on any atom is 0.266 e. The van der Waals surface area contributed by atoms with Crippen LogP contribution in [0.15, 0.2) is 103 Å². The Bertz CT molecular complexity index is 1600. The number of fused-ring (bicyclic) bond motifs is 2. The van der Waals surface area contributed by atoms with Gasteiger partial charge in [-0.15, -0.1) is 0 Å². The van der Waals surface area contributed by atoms with Gasteiger partial charge in [-0.2, -0.15) is 0 Å². The van der Waals surface area contributed by atoms with Crippen molar-refractivity contribution in [3.63, 3.8) is 0 Å². The number of imide groups is 1. The highest BCUT2D eigenvalue weighted by molar-refractivity contribution is 6.41. The monoisotopic (exact) mass is 427 g/mol. The molecule has 0 fully saturated rings. The molecule has 0 spiro atoms. The molecule has 0 atom stereocenters. The number of carbonyl (C=O) groups excluding carboxylic acids is 3. The molecule has 0 saturated carbocycles. The van der Waals surface area contributed by atoms with E-state index in [-0.39, 0.29) is 11.3 Å². The number of nitrogens with zero attached hydrogens (tertiary/aromatic N) is 1. The minimum absolute atomic E-state index is 0.241. The van der Waals surface area contributed by atoms with E-state index < -0.39 is 11.8 Å². The molecule has 0 aliphatic carbocycles. The summed E-state index contributed by atoms with van der Waals surface area (Å²) in [6, 6.07) is 30.8. The standard InChI is InChI=1S/C29H17NO3/c31-27(18-10-3-1-4-11-18)25-22-15-8-7-14-20(22)21-16-9-17-23-24(21)26(25)29(33)30(28(23)32)19-12-5-2-6-13-19/h1-17H. The van der Waals surface area contributed by atoms with E-state index in [1.165, 1.54) is 4.90 Å². The quantitative estimate of drug-likeness (QED) is 0.201. The zero-order valence-corrected chi connectivity index (χ0v) is 17.5. The van der Waals surface area contributed by atoms with Gasteiger partial charge in [-0.25, -0.2) is 4.90 Å². The highest BCUT2D eigenvalue weighted by Gasteiger charge is 2.38. The van der Waals surface area contributed by atoms with E-state index in [2.05, 4.69) is 0 Å². The topological polar surface area (TPSA) is 54.5 Å². The van der Waals surface area contributed by atoms with Crippen molar-refractivity contribution in [2.75, 3.05) is 4.90 Å². The number of para-hydroxylation sites is 1. The van der Waals surface area contributed by atoms with Crippen LogP contribution in [0.3, 0.4) is 0 Å². The van der Waals surface area contributed by atoms with Crippen LogP contribution >= 0.6 is 0 Å². The van der Waals surface area contributed by atoms with Crippen molar-refractivity contribution in [2.45, 2.75) is 0 Å². The van der Waals surface area contributed by atoms with Gasteiger partial charge in [0.15, 0.2) is 5.78 Å². The minimum Gasteiger partial charge on any atom is -0.289 e. The number of benzene rings is 5. The Morgan fingerprint density at radius 1 is 0.576 bits per heavy atom. The number of hydrogen-bond donors (Lipinski definition) is 0. The summed E-state index contributed by atoms with van der Waals surface area (Å²) in [5, 5.41) is 2.86. The molecular formula is C29H17NO3. The Balaban J connectivity index is 1.77. The molecule has 1 aliphatic rings. The Hall–Kier alpha value is -4.57. The molecule has 4 nitrogen and oxygen atoms in total. The van der Waals surface area contributed by atoms with Crippen LogP contribution in [0, 0.1) is 0 Å². The average Bonchev–Trinajstić information content (AvgIpc) is 2.87. The minimum atomic E-state index is -0.486. The molecule has 6 rings (SSSR count). The summed E-state index contributed by atoms with van der Waals surface area (Å²) in [5.74, 6) is -1.12. The molecule has 2 amide bonds. The number of carbonyl (C=O) groups is 3. The summed E-state index contributed by atoms with van der Waals surface area (Å²) >= 11 is 0. The second-order valence-corrected chi connectivity index (χ2v) is 8.00. The predicted molar refractivity (Wildman–Crippen MR) is 129 cm³/mol. The number of ketones is 1. The summed E-state index contributed by atoms with van der Waals surface area (Å²) < 4.78 is 0. The van der Waals surface area contributed by atoms with E-state index in [1.807, 2.05) is 48.5 Å². The van der Waals surface area contributed by atoms with Gasteiger partial charge >= 0.3 is 0 Å². The van der Waals surface area contributed by atoms with Gasteiger partial charge in [-0.1, -0.05) is 84.9 Å². The summed E-state index contributed by atoms with van der Waals surface area (Å²) in [6.07, 6.45) is 0. The van der Waals surface area contributed by atoms with Crippen molar-refractivity contribution in [1.29, 1.82) is 0 Å². The van der Waals surface area contributed by atoms with Crippen LogP contribution in [0.5, 0.6) is 0 Å². The summed E-state index contributed by atoms with van der Waals surface area (Å²) in [5.41, 5.74) is 1.98. The normalized spacial score (nSPS) is 13.0. The molecule has 0 N–H and O–H groups in total. The summed E-state index contributed by atoms with van der Waals surface area (Å²) in [6.45, 7) is 0. The number of anilines is 1. The molecule has 0 bridgehead atoms. The van der Waals surface area contributed by atoms with Gasteiger partial charge < -0.3 is 0 Å². The first kappa shape index (κ1) is 19.1. The fourth-order valence-electron chi connectivity index (χ4n) is 4.74. The second kappa shape index (κ2) is 7.24. The third-order valence-corrected chi connectivity index (χ3v) is 6.18. The maximum atomic E-state index is 14.0. The lowest BCUT2D eigenvalue weighted by atomic mass is 9.83. The SMILES string of the molecule is O=C(c1ccccc1)c1c2c3c(cccc3c3ccccc13)C(=O)N(c1ccccc1)C2=O. The zero-order valence-electron chi connectivity index (χ0n) is 17.5. The predicted octanol–water partition coefficient (Wildman–Crippen LogP) is 6.02. The van der Waals surface area contributed by atoms with Crippen LogP contribution < -0.4 is 4.90 Å². The largest absolute Gasteiger partial charge is 0.289 e. The summed E-state index contributed by atoms with van der Waals surface area (Å²) in [4.78, 5) is 42.5. The zero-order chi connectivity index (χ0) is 22.5. The van der Waals surface area contributed by atoms with Crippen molar-refractivity contribution >= 4 is 44.8 Å². The van der Waals surface area contributed by atoms with Gasteiger partial charge in [-0.05, 0) is 34.4 Å². The lowest BCUT2D eigenvalue weighted by Gasteiger charge is -2.29. The van der Waals surface area contributed by atoms with Gasteiger partial charge in [0.25, 0.3) is 11.8 Å². The van der Waals surface area contributed by atoms with E-state index in [0.29, 0.717) is 33.2 Å². The van der Waals surface area contributed by atoms with E-state index >= 15 is 0 Å². The van der Waals surface area contributed by atoms with Gasteiger partial charge in [0.1, 0.15) is 0 Å². The van der Waals surface area contributed by atoms with E-state index in [0.717, 1.165) is 10.8 Å². The smallest absolute Gasteiger partial charge is 0.266 e. The summed E-state index contributed by atoms with van der Waals surface area (Å²) in [7, 11) is 0. The van der Waals surface area contributed by atoms with E-state index in [1.54, 1.807) is 54.6 Å². The van der Waals surface area contributed by atoms with Gasteiger partial charge in [0.05, 0.1) is 11.3 Å². The highest BCUT2D eigenvalue weighted by Crippen LogP contribution is 2.40.